The minimum absolute atomic E-state index is 0.0819. The predicted molar refractivity (Wildman–Crippen MR) is 235 cm³/mol. The van der Waals surface area contributed by atoms with Crippen LogP contribution in [0.3, 0.4) is 0 Å². The fourth-order valence-corrected chi connectivity index (χ4v) is 9.12. The topological polar surface area (TPSA) is 236 Å². The van der Waals surface area contributed by atoms with Crippen LogP contribution in [0.25, 0.3) is 22.0 Å². The lowest BCUT2D eigenvalue weighted by Crippen LogP contribution is -2.42. The third-order valence-electron chi connectivity index (χ3n) is 11.8. The molecule has 390 valence electrons. The van der Waals surface area contributed by atoms with Gasteiger partial charge in [-0.2, -0.15) is 45.3 Å². The molecule has 1 saturated carbocycles. The molecule has 7 rings (SSSR count). The molecule has 4 atom stereocenters. The standard InChI is InChI=1S/C43H35ClF10N8O9S2/c1-40(2,73(3,70)71)9-8-22-4-5-23(24-6-7-27(44)33-29(58-61(35(24)33)18-41(47,48)49)16-62(72(68)69)31(64)15-55-38(65)39(66)67)34(56-22)28(12-19-10-20(45)13-21(46)11-19)57-30(63)17-60-37-32(36(59-60)43(52,53)54)25-14-26(25)42(37,50)51/h4-7,10-11,13,25-26,28H,12,14-18H2,1-3H3,(H,55,65)(H,57,63)(H,66,67)(H,68,69)/t25-,26+,28?/m0/s1. The van der Waals surface area contributed by atoms with E-state index in [1.807, 2.05) is 0 Å². The Balaban J connectivity index is 1.44. The molecule has 73 heavy (non-hydrogen) atoms. The van der Waals surface area contributed by atoms with E-state index in [2.05, 4.69) is 32.3 Å². The summed E-state index contributed by atoms with van der Waals surface area (Å²) in [5, 5.41) is 19.4. The summed E-state index contributed by atoms with van der Waals surface area (Å²) in [5.74, 6) is -10.4. The van der Waals surface area contributed by atoms with Crippen LogP contribution in [0.15, 0.2) is 42.5 Å². The summed E-state index contributed by atoms with van der Waals surface area (Å²) in [6.45, 7) is -3.16. The van der Waals surface area contributed by atoms with E-state index in [0.29, 0.717) is 10.7 Å². The van der Waals surface area contributed by atoms with Gasteiger partial charge in [-0.15, -0.1) is 0 Å². The van der Waals surface area contributed by atoms with E-state index in [4.69, 9.17) is 16.7 Å². The van der Waals surface area contributed by atoms with E-state index in [1.165, 1.54) is 13.8 Å². The Morgan fingerprint density at radius 3 is 2.23 bits per heavy atom. The minimum Gasteiger partial charge on any atom is -0.474 e. The molecule has 4 N–H and O–H groups in total. The molecule has 5 aromatic rings. The zero-order chi connectivity index (χ0) is 54.1. The number of carboxylic acid groups (broad SMARTS) is 1. The Morgan fingerprint density at radius 1 is 1.00 bits per heavy atom. The predicted octanol–water partition coefficient (Wildman–Crippen LogP) is 5.96. The summed E-state index contributed by atoms with van der Waals surface area (Å²) in [4.78, 5) is 54.2. The molecule has 3 heterocycles. The van der Waals surface area contributed by atoms with Crippen LogP contribution in [0.4, 0.5) is 43.9 Å². The number of aromatic nitrogens is 5. The Bertz CT molecular complexity index is 3310. The minimum atomic E-state index is -5.24. The van der Waals surface area contributed by atoms with Crippen molar-refractivity contribution in [1.29, 1.82) is 0 Å². The Labute approximate surface area is 412 Å². The van der Waals surface area contributed by atoms with E-state index in [-0.39, 0.29) is 37.8 Å². The van der Waals surface area contributed by atoms with Gasteiger partial charge in [-0.1, -0.05) is 23.6 Å². The van der Waals surface area contributed by atoms with Gasteiger partial charge in [0.2, 0.25) is 5.91 Å². The number of alkyl halides is 8. The van der Waals surface area contributed by atoms with Gasteiger partial charge in [-0.3, -0.25) is 28.3 Å². The van der Waals surface area contributed by atoms with Crippen LogP contribution in [0, 0.1) is 29.4 Å². The van der Waals surface area contributed by atoms with Crippen molar-refractivity contribution in [3.05, 3.63) is 98.7 Å². The number of fused-ring (bicyclic) bond motifs is 4. The Morgan fingerprint density at radius 2 is 1.64 bits per heavy atom. The van der Waals surface area contributed by atoms with Gasteiger partial charge < -0.3 is 15.7 Å². The van der Waals surface area contributed by atoms with Gasteiger partial charge in [0.15, 0.2) is 15.5 Å². The van der Waals surface area contributed by atoms with Crippen molar-refractivity contribution in [2.75, 3.05) is 12.8 Å². The monoisotopic (exact) mass is 1100 g/mol. The molecule has 2 aromatic carbocycles. The molecule has 1 fully saturated rings. The zero-order valence-corrected chi connectivity index (χ0v) is 39.8. The number of amides is 3. The highest BCUT2D eigenvalue weighted by Gasteiger charge is 2.68. The first kappa shape index (κ1) is 54.1. The van der Waals surface area contributed by atoms with Crippen LogP contribution >= 0.6 is 11.6 Å². The van der Waals surface area contributed by atoms with Gasteiger partial charge >= 0.3 is 24.2 Å². The van der Waals surface area contributed by atoms with Gasteiger partial charge in [0, 0.05) is 40.3 Å². The van der Waals surface area contributed by atoms with E-state index in [0.717, 1.165) is 42.7 Å². The number of hydrogen-bond donors (Lipinski definition) is 4. The van der Waals surface area contributed by atoms with Gasteiger partial charge in [0.05, 0.1) is 41.1 Å². The molecule has 0 bridgehead atoms. The number of halogens is 11. The number of nitrogens with zero attached hydrogens (tertiary/aromatic N) is 6. The second-order valence-electron chi connectivity index (χ2n) is 17.3. The lowest BCUT2D eigenvalue weighted by atomic mass is 9.93. The van der Waals surface area contributed by atoms with Gasteiger partial charge in [-0.25, -0.2) is 35.5 Å². The van der Waals surface area contributed by atoms with Crippen molar-refractivity contribution in [1.82, 2.24) is 39.5 Å². The molecule has 3 aromatic heterocycles. The number of rotatable bonds is 14. The molecule has 30 heteroatoms. The quantitative estimate of drug-likeness (QED) is 0.0437. The molecule has 0 saturated heterocycles. The first-order valence-electron chi connectivity index (χ1n) is 20.9. The zero-order valence-electron chi connectivity index (χ0n) is 37.4. The van der Waals surface area contributed by atoms with Crippen molar-refractivity contribution in [2.45, 2.75) is 81.3 Å². The Hall–Kier alpha value is -6.64. The number of sulfone groups is 1. The first-order valence-corrected chi connectivity index (χ1v) is 24.2. The fraction of sp³-hybridized carbons (Fsp3) is 0.372. The summed E-state index contributed by atoms with van der Waals surface area (Å²) in [6.07, 6.45) is -10.5. The van der Waals surface area contributed by atoms with Gasteiger partial charge in [0.25, 0.3) is 23.1 Å². The van der Waals surface area contributed by atoms with Gasteiger partial charge in [-0.05, 0) is 74.4 Å². The largest absolute Gasteiger partial charge is 0.474 e. The molecule has 0 radical (unpaired) electrons. The van der Waals surface area contributed by atoms with Crippen molar-refractivity contribution in [3.63, 3.8) is 0 Å². The summed E-state index contributed by atoms with van der Waals surface area (Å²) in [7, 11) is -3.92. The summed E-state index contributed by atoms with van der Waals surface area (Å²) in [5.41, 5.74) is -6.46. The van der Waals surface area contributed by atoms with E-state index in [1.54, 1.807) is 5.32 Å². The first-order chi connectivity index (χ1) is 33.7. The number of carbonyl (C=O) groups excluding carboxylic acids is 3. The number of pyridine rings is 1. The summed E-state index contributed by atoms with van der Waals surface area (Å²) in [6, 6.07) is 4.72. The lowest BCUT2D eigenvalue weighted by molar-refractivity contribution is -0.150. The number of hydrogen-bond acceptors (Lipinski definition) is 10. The number of carboxylic acids is 1. The number of aliphatic carboxylic acids is 1. The van der Waals surface area contributed by atoms with Crippen LogP contribution in [0.5, 0.6) is 0 Å². The van der Waals surface area contributed by atoms with Crippen molar-refractivity contribution in [3.8, 4) is 23.0 Å². The van der Waals surface area contributed by atoms with E-state index in [9.17, 15) is 71.5 Å². The molecule has 0 spiro atoms. The smallest absolute Gasteiger partial charge is 0.435 e. The van der Waals surface area contributed by atoms with Crippen molar-refractivity contribution < 1.29 is 85.4 Å². The highest BCUT2D eigenvalue weighted by Crippen LogP contribution is 2.68. The van der Waals surface area contributed by atoms with Crippen LogP contribution in [0.1, 0.15) is 71.8 Å². The van der Waals surface area contributed by atoms with E-state index >= 15 is 8.78 Å². The van der Waals surface area contributed by atoms with Crippen LogP contribution < -0.4 is 10.6 Å². The maximum Gasteiger partial charge on any atom is 0.435 e. The fourth-order valence-electron chi connectivity index (χ4n) is 8.15. The maximum absolute atomic E-state index is 15.6. The van der Waals surface area contributed by atoms with Crippen LogP contribution in [0.2, 0.25) is 5.02 Å². The highest BCUT2D eigenvalue weighted by molar-refractivity contribution is 7.92. The maximum atomic E-state index is 15.6. The van der Waals surface area contributed by atoms with Crippen LogP contribution in [-0.4, -0.2) is 98.6 Å². The van der Waals surface area contributed by atoms with Gasteiger partial charge in [0.1, 0.15) is 40.9 Å². The molecule has 17 nitrogen and oxygen atoms in total. The molecular weight excluding hydrogens is 1060 g/mol. The third kappa shape index (κ3) is 11.3. The third-order valence-corrected chi connectivity index (χ3v) is 14.7. The summed E-state index contributed by atoms with van der Waals surface area (Å²) >= 11 is 3.25. The van der Waals surface area contributed by atoms with E-state index < -0.39 is 174 Å². The number of carbonyl (C=O) groups is 4. The number of benzene rings is 2. The van der Waals surface area contributed by atoms with Crippen molar-refractivity contribution in [2.24, 2.45) is 5.92 Å². The average molecular weight is 1100 g/mol. The second-order valence-corrected chi connectivity index (χ2v) is 21.2. The lowest BCUT2D eigenvalue weighted by Gasteiger charge is -2.23. The van der Waals surface area contributed by atoms with Crippen LogP contribution in [-0.2, 0) is 78.4 Å². The molecule has 2 aliphatic carbocycles. The number of nitrogens with one attached hydrogen (secondary N) is 2. The SMILES string of the molecule is CC(C)(C#Cc1ccc(-c2ccc(Cl)c3c(CN(C(=O)CNC(=O)C(=O)O)S(=O)O)nn(CC(F)(F)F)c23)c(C(Cc2cc(F)cc(F)c2)NC(=O)Cn2nc(C(F)(F)F)c3c2C(F)(F)[C@@H]2C[C@H]32)n1)S(C)(=O)=O. The molecular formula is C43H35ClF10N8O9S2. The molecule has 2 unspecified atom stereocenters. The molecule has 3 amide bonds. The molecule has 0 aliphatic heterocycles. The van der Waals surface area contributed by atoms with Crippen molar-refractivity contribution >= 4 is 67.3 Å². The molecule has 2 aliphatic rings. The normalized spacial score (nSPS) is 17.0. The second kappa shape index (κ2) is 19.3. The summed E-state index contributed by atoms with van der Waals surface area (Å²) < 4.78 is 193. The average Bonchev–Trinajstić information content (AvgIpc) is 3.78. The highest BCUT2D eigenvalue weighted by atomic mass is 35.5. The Kier molecular flexibility index (Phi) is 14.3.